The molecule has 4 aliphatic rings. The molecular weight excluding hydrogens is 463 g/mol. The minimum atomic E-state index is -1.25. The van der Waals surface area contributed by atoms with Crippen LogP contribution in [0.3, 0.4) is 0 Å². The lowest BCUT2D eigenvalue weighted by Crippen LogP contribution is -2.63. The van der Waals surface area contributed by atoms with Gasteiger partial charge in [0.15, 0.2) is 0 Å². The van der Waals surface area contributed by atoms with Crippen molar-refractivity contribution < 1.29 is 23.5 Å². The van der Waals surface area contributed by atoms with Crippen LogP contribution in [0.25, 0.3) is 0 Å². The number of ether oxygens (including phenoxy) is 1. The van der Waals surface area contributed by atoms with E-state index in [1.807, 2.05) is 43.3 Å². The maximum absolute atomic E-state index is 14.0. The van der Waals surface area contributed by atoms with E-state index in [1.54, 1.807) is 0 Å². The Kier molecular flexibility index (Phi) is 7.82. The van der Waals surface area contributed by atoms with E-state index in [4.69, 9.17) is 4.74 Å². The van der Waals surface area contributed by atoms with Crippen LogP contribution >= 0.6 is 0 Å². The minimum absolute atomic E-state index is 0.0127. The third kappa shape index (κ3) is 5.18. The van der Waals surface area contributed by atoms with Crippen molar-refractivity contribution in [3.05, 3.63) is 35.9 Å². The molecule has 3 aliphatic carbocycles. The van der Waals surface area contributed by atoms with Gasteiger partial charge in [0.25, 0.3) is 0 Å². The van der Waals surface area contributed by atoms with Crippen molar-refractivity contribution in [1.29, 1.82) is 5.26 Å². The summed E-state index contributed by atoms with van der Waals surface area (Å²) in [6.45, 7) is 2.32. The van der Waals surface area contributed by atoms with Gasteiger partial charge in [-0.05, 0) is 50.5 Å². The van der Waals surface area contributed by atoms with Crippen molar-refractivity contribution >= 4 is 17.9 Å². The number of fused-ring (bicyclic) bond motifs is 3. The van der Waals surface area contributed by atoms with Crippen LogP contribution in [0.5, 0.6) is 0 Å². The van der Waals surface area contributed by atoms with E-state index in [1.165, 1.54) is 9.80 Å². The molecule has 1 aromatic carbocycles. The number of amides is 3. The number of carbonyl (C=O) groups excluding carboxylic acids is 3. The molecule has 194 valence electrons. The number of nitrogens with one attached hydrogen (secondary N) is 1. The maximum atomic E-state index is 14.0. The second kappa shape index (κ2) is 10.9. The second-order valence-corrected chi connectivity index (χ2v) is 10.4. The Morgan fingerprint density at radius 2 is 1.83 bits per heavy atom. The number of benzene rings is 1. The van der Waals surface area contributed by atoms with Crippen LogP contribution in [0.4, 0.5) is 9.18 Å². The van der Waals surface area contributed by atoms with Gasteiger partial charge in [-0.1, -0.05) is 37.3 Å². The van der Waals surface area contributed by atoms with Gasteiger partial charge >= 0.3 is 6.09 Å². The minimum Gasteiger partial charge on any atom is -0.445 e. The summed E-state index contributed by atoms with van der Waals surface area (Å²) < 4.78 is 19.6. The molecule has 2 atom stereocenters. The smallest absolute Gasteiger partial charge is 0.411 e. The van der Waals surface area contributed by atoms with Crippen molar-refractivity contribution in [3.8, 4) is 6.07 Å². The van der Waals surface area contributed by atoms with Crippen LogP contribution in [0.2, 0.25) is 0 Å². The first-order valence-corrected chi connectivity index (χ1v) is 12.9. The summed E-state index contributed by atoms with van der Waals surface area (Å²) in [5.41, 5.74) is -0.200. The van der Waals surface area contributed by atoms with E-state index >= 15 is 0 Å². The van der Waals surface area contributed by atoms with Crippen molar-refractivity contribution in [3.63, 3.8) is 0 Å². The number of rotatable bonds is 8. The van der Waals surface area contributed by atoms with Gasteiger partial charge in [0, 0.05) is 23.9 Å². The predicted molar refractivity (Wildman–Crippen MR) is 130 cm³/mol. The number of nitriles is 1. The van der Waals surface area contributed by atoms with E-state index in [9.17, 15) is 24.0 Å². The highest BCUT2D eigenvalue weighted by Crippen LogP contribution is 2.55. The summed E-state index contributed by atoms with van der Waals surface area (Å²) in [5, 5.41) is 12.4. The summed E-state index contributed by atoms with van der Waals surface area (Å²) in [6, 6.07) is 10.5. The summed E-state index contributed by atoms with van der Waals surface area (Å²) in [5.74, 6) is -0.370. The molecule has 0 unspecified atom stereocenters. The summed E-state index contributed by atoms with van der Waals surface area (Å²) in [7, 11) is 0. The van der Waals surface area contributed by atoms with Crippen LogP contribution in [-0.2, 0) is 20.9 Å². The molecule has 1 aliphatic heterocycles. The molecule has 4 fully saturated rings. The normalized spacial score (nSPS) is 28.9. The molecule has 3 saturated carbocycles. The highest BCUT2D eigenvalue weighted by molar-refractivity contribution is 5.85. The lowest BCUT2D eigenvalue weighted by Gasteiger charge is -2.56. The molecule has 0 radical (unpaired) electrons. The number of hydrogen-bond acceptors (Lipinski definition) is 5. The SMILES string of the molecule is CCCNC(=O)C12CCC(N(CC(=O)N3C[C@@H](F)C[C@H]3C#N)C(=O)OCc3ccccc3)(CC1)CC2. The zero-order valence-corrected chi connectivity index (χ0v) is 20.9. The molecule has 3 amide bonds. The molecule has 2 bridgehead atoms. The highest BCUT2D eigenvalue weighted by Gasteiger charge is 2.56. The molecule has 36 heavy (non-hydrogen) atoms. The maximum Gasteiger partial charge on any atom is 0.411 e. The lowest BCUT2D eigenvalue weighted by molar-refractivity contribution is -0.145. The fraction of sp³-hybridized carbons (Fsp3) is 0.630. The molecule has 0 aromatic heterocycles. The molecule has 8 nitrogen and oxygen atoms in total. The topological polar surface area (TPSA) is 103 Å². The molecule has 1 saturated heterocycles. The van der Waals surface area contributed by atoms with E-state index in [2.05, 4.69) is 5.32 Å². The van der Waals surface area contributed by atoms with Crippen molar-refractivity contribution in [2.24, 2.45) is 5.41 Å². The van der Waals surface area contributed by atoms with Crippen LogP contribution in [0, 0.1) is 16.7 Å². The average molecular weight is 499 g/mol. The Morgan fingerprint density at radius 3 is 2.44 bits per heavy atom. The van der Waals surface area contributed by atoms with Gasteiger partial charge in [0.2, 0.25) is 11.8 Å². The Hall–Kier alpha value is -3.15. The zero-order chi connectivity index (χ0) is 25.8. The first-order chi connectivity index (χ1) is 17.3. The van der Waals surface area contributed by atoms with Crippen LogP contribution in [0.1, 0.15) is 63.9 Å². The number of halogens is 1. The first kappa shape index (κ1) is 25.9. The summed E-state index contributed by atoms with van der Waals surface area (Å²) in [6.07, 6.45) is 2.69. The third-order valence-electron chi connectivity index (χ3n) is 8.23. The Morgan fingerprint density at radius 1 is 1.17 bits per heavy atom. The van der Waals surface area contributed by atoms with Gasteiger partial charge < -0.3 is 15.0 Å². The third-order valence-corrected chi connectivity index (χ3v) is 8.23. The van der Waals surface area contributed by atoms with Gasteiger partial charge in [0.05, 0.1) is 12.6 Å². The Bertz CT molecular complexity index is 986. The van der Waals surface area contributed by atoms with E-state index < -0.39 is 35.2 Å². The van der Waals surface area contributed by atoms with E-state index in [0.717, 1.165) is 12.0 Å². The standard InChI is InChI=1S/C27H35FN4O4/c1-2-14-30-24(34)26-8-11-27(12-9-26,13-10-26)32(25(35)36-19-20-6-4-3-5-7-20)18-23(33)31-17-21(28)15-22(31)16-29/h3-7,21-22H,2,8-15,17-19H2,1H3,(H,30,34)/t21-,22-,26?,27?/m0/s1. The highest BCUT2D eigenvalue weighted by atomic mass is 19.1. The van der Waals surface area contributed by atoms with Gasteiger partial charge in [-0.3, -0.25) is 14.5 Å². The molecule has 1 aromatic rings. The van der Waals surface area contributed by atoms with E-state index in [0.29, 0.717) is 45.1 Å². The second-order valence-electron chi connectivity index (χ2n) is 10.4. The van der Waals surface area contributed by atoms with Gasteiger partial charge in [-0.15, -0.1) is 0 Å². The summed E-state index contributed by atoms with van der Waals surface area (Å²) in [4.78, 5) is 42.3. The molecule has 1 heterocycles. The van der Waals surface area contributed by atoms with Crippen LogP contribution in [0.15, 0.2) is 30.3 Å². The number of hydrogen-bond donors (Lipinski definition) is 1. The predicted octanol–water partition coefficient (Wildman–Crippen LogP) is 3.71. The summed E-state index contributed by atoms with van der Waals surface area (Å²) >= 11 is 0. The molecule has 9 heteroatoms. The quantitative estimate of drug-likeness (QED) is 0.589. The van der Waals surface area contributed by atoms with Crippen molar-refractivity contribution in [2.75, 3.05) is 19.6 Å². The zero-order valence-electron chi connectivity index (χ0n) is 20.9. The fourth-order valence-corrected chi connectivity index (χ4v) is 5.97. The Labute approximate surface area is 211 Å². The van der Waals surface area contributed by atoms with Crippen molar-refractivity contribution in [2.45, 2.75) is 82.6 Å². The van der Waals surface area contributed by atoms with E-state index in [-0.39, 0.29) is 32.0 Å². The molecule has 0 spiro atoms. The number of carbonyl (C=O) groups is 3. The largest absolute Gasteiger partial charge is 0.445 e. The molecule has 1 N–H and O–H groups in total. The van der Waals surface area contributed by atoms with Crippen LogP contribution < -0.4 is 5.32 Å². The molecule has 5 rings (SSSR count). The van der Waals surface area contributed by atoms with Gasteiger partial charge in [0.1, 0.15) is 25.4 Å². The Balaban J connectivity index is 1.51. The fourth-order valence-electron chi connectivity index (χ4n) is 5.97. The monoisotopic (exact) mass is 498 g/mol. The van der Waals surface area contributed by atoms with Crippen molar-refractivity contribution in [1.82, 2.24) is 15.1 Å². The van der Waals surface area contributed by atoms with Gasteiger partial charge in [-0.2, -0.15) is 5.26 Å². The number of nitrogens with zero attached hydrogens (tertiary/aromatic N) is 3. The first-order valence-electron chi connectivity index (χ1n) is 12.9. The number of likely N-dealkylation sites (tertiary alicyclic amines) is 1. The lowest BCUT2D eigenvalue weighted by atomic mass is 9.56. The average Bonchev–Trinajstić information content (AvgIpc) is 3.31. The van der Waals surface area contributed by atoms with Gasteiger partial charge in [-0.25, -0.2) is 9.18 Å². The van der Waals surface area contributed by atoms with Crippen LogP contribution in [-0.4, -0.2) is 65.1 Å². The number of alkyl halides is 1. The molecular formula is C27H35FN4O4.